The van der Waals surface area contributed by atoms with Gasteiger partial charge in [-0.05, 0) is 67.4 Å². The first kappa shape index (κ1) is 25.2. The van der Waals surface area contributed by atoms with E-state index in [1.807, 2.05) is 19.9 Å². The molecule has 2 aliphatic rings. The number of hydrogen-bond donors (Lipinski definition) is 1. The maximum absolute atomic E-state index is 13.4. The van der Waals surface area contributed by atoms with Gasteiger partial charge in [0.15, 0.2) is 11.5 Å². The highest BCUT2D eigenvalue weighted by Crippen LogP contribution is 2.43. The van der Waals surface area contributed by atoms with Gasteiger partial charge in [0.2, 0.25) is 0 Å². The van der Waals surface area contributed by atoms with Crippen LogP contribution < -0.4 is 14.2 Å². The molecule has 1 saturated heterocycles. The van der Waals surface area contributed by atoms with E-state index in [-0.39, 0.29) is 30.6 Å². The number of carbonyl (C=O) groups excluding carboxylic acids is 2. The van der Waals surface area contributed by atoms with Gasteiger partial charge in [-0.2, -0.15) is 0 Å². The van der Waals surface area contributed by atoms with Crippen LogP contribution in [0.1, 0.15) is 42.3 Å². The molecule has 1 N–H and O–H groups in total. The predicted octanol–water partition coefficient (Wildman–Crippen LogP) is 5.19. The van der Waals surface area contributed by atoms with Crippen molar-refractivity contribution in [3.05, 3.63) is 95.5 Å². The lowest BCUT2D eigenvalue weighted by molar-refractivity contribution is -0.140. The van der Waals surface area contributed by atoms with E-state index >= 15 is 0 Å². The van der Waals surface area contributed by atoms with E-state index in [2.05, 4.69) is 6.58 Å². The molecule has 1 aromatic heterocycles. The molecule has 2 atom stereocenters. The van der Waals surface area contributed by atoms with Gasteiger partial charge in [0.1, 0.15) is 30.0 Å². The summed E-state index contributed by atoms with van der Waals surface area (Å²) < 4.78 is 22.8. The van der Waals surface area contributed by atoms with Crippen LogP contribution in [0.5, 0.6) is 17.2 Å². The molecule has 3 heterocycles. The number of amides is 1. The number of hydrogen-bond acceptors (Lipinski definition) is 7. The predicted molar refractivity (Wildman–Crippen MR) is 140 cm³/mol. The standard InChI is InChI=1S/C30H29NO7/c1-4-12-37-24-11-8-19(16-25(24)35-5-2)27-26(29(33)30(34)31(27)17-22-7-6-13-36-22)28(32)20-9-10-23-21(15-20)14-18(3)38-23/h4,6-11,13,15-16,18,27,32H,1,5,12,14,17H2,2-3H3. The Bertz CT molecular complexity index is 1410. The van der Waals surface area contributed by atoms with Crippen LogP contribution >= 0.6 is 0 Å². The maximum Gasteiger partial charge on any atom is 0.296 e. The number of benzene rings is 2. The van der Waals surface area contributed by atoms with Crippen molar-refractivity contribution in [2.75, 3.05) is 13.2 Å². The molecule has 0 radical (unpaired) electrons. The minimum Gasteiger partial charge on any atom is -0.507 e. The number of aliphatic hydroxyl groups is 1. The second-order valence-electron chi connectivity index (χ2n) is 9.20. The van der Waals surface area contributed by atoms with E-state index in [1.54, 1.807) is 48.5 Å². The molecule has 38 heavy (non-hydrogen) atoms. The van der Waals surface area contributed by atoms with Gasteiger partial charge in [0.05, 0.1) is 31.0 Å². The number of nitrogens with zero attached hydrogens (tertiary/aromatic N) is 1. The number of aliphatic hydroxyl groups excluding tert-OH is 1. The Balaban J connectivity index is 1.63. The van der Waals surface area contributed by atoms with Gasteiger partial charge in [-0.15, -0.1) is 0 Å². The summed E-state index contributed by atoms with van der Waals surface area (Å²) >= 11 is 0. The minimum atomic E-state index is -0.879. The summed E-state index contributed by atoms with van der Waals surface area (Å²) in [6.45, 7) is 8.23. The van der Waals surface area contributed by atoms with Crippen molar-refractivity contribution >= 4 is 17.4 Å². The van der Waals surface area contributed by atoms with Crippen LogP contribution in [0.25, 0.3) is 5.76 Å². The molecule has 0 aliphatic carbocycles. The van der Waals surface area contributed by atoms with E-state index in [4.69, 9.17) is 18.6 Å². The summed E-state index contributed by atoms with van der Waals surface area (Å²) in [7, 11) is 0. The van der Waals surface area contributed by atoms with Crippen molar-refractivity contribution in [2.24, 2.45) is 0 Å². The first-order valence-electron chi connectivity index (χ1n) is 12.5. The fourth-order valence-electron chi connectivity index (χ4n) is 4.92. The second kappa shape index (κ2) is 10.5. The molecule has 2 aromatic carbocycles. The quantitative estimate of drug-likeness (QED) is 0.181. The van der Waals surface area contributed by atoms with Gasteiger partial charge in [-0.1, -0.05) is 18.7 Å². The van der Waals surface area contributed by atoms with E-state index in [9.17, 15) is 14.7 Å². The molecule has 196 valence electrons. The van der Waals surface area contributed by atoms with Crippen LogP contribution in [0.3, 0.4) is 0 Å². The molecule has 2 unspecified atom stereocenters. The lowest BCUT2D eigenvalue weighted by Gasteiger charge is -2.25. The molecule has 0 saturated carbocycles. The summed E-state index contributed by atoms with van der Waals surface area (Å²) in [5.74, 6) is 0.481. The lowest BCUT2D eigenvalue weighted by atomic mass is 9.94. The van der Waals surface area contributed by atoms with Crippen molar-refractivity contribution < 1.29 is 33.3 Å². The van der Waals surface area contributed by atoms with Crippen LogP contribution in [0.15, 0.2) is 77.4 Å². The van der Waals surface area contributed by atoms with Crippen molar-refractivity contribution in [3.8, 4) is 17.2 Å². The van der Waals surface area contributed by atoms with Crippen molar-refractivity contribution in [3.63, 3.8) is 0 Å². The van der Waals surface area contributed by atoms with E-state index in [0.717, 1.165) is 11.3 Å². The number of likely N-dealkylation sites (tertiary alicyclic amines) is 1. The zero-order valence-corrected chi connectivity index (χ0v) is 21.3. The fraction of sp³-hybridized carbons (Fsp3) is 0.267. The third-order valence-electron chi connectivity index (χ3n) is 6.56. The molecular weight excluding hydrogens is 486 g/mol. The van der Waals surface area contributed by atoms with Crippen molar-refractivity contribution in [1.29, 1.82) is 0 Å². The lowest BCUT2D eigenvalue weighted by Crippen LogP contribution is -2.29. The summed E-state index contributed by atoms with van der Waals surface area (Å²) in [5, 5.41) is 11.5. The van der Waals surface area contributed by atoms with Gasteiger partial charge in [-0.25, -0.2) is 0 Å². The van der Waals surface area contributed by atoms with E-state index in [0.29, 0.717) is 41.4 Å². The van der Waals surface area contributed by atoms with Crippen LogP contribution in [0.4, 0.5) is 0 Å². The number of ether oxygens (including phenoxy) is 3. The van der Waals surface area contributed by atoms with Gasteiger partial charge in [0.25, 0.3) is 11.7 Å². The van der Waals surface area contributed by atoms with Gasteiger partial charge >= 0.3 is 0 Å². The molecule has 1 fully saturated rings. The zero-order chi connectivity index (χ0) is 26.8. The van der Waals surface area contributed by atoms with Crippen LogP contribution in [-0.2, 0) is 22.6 Å². The van der Waals surface area contributed by atoms with Crippen LogP contribution in [0.2, 0.25) is 0 Å². The molecule has 2 aliphatic heterocycles. The Kier molecular flexibility index (Phi) is 6.96. The summed E-state index contributed by atoms with van der Waals surface area (Å²) in [6.07, 6.45) is 3.86. The topological polar surface area (TPSA) is 98.4 Å². The highest BCUT2D eigenvalue weighted by atomic mass is 16.5. The Hall–Kier alpha value is -4.46. The number of furan rings is 1. The minimum absolute atomic E-state index is 0.00400. The molecule has 3 aromatic rings. The molecule has 5 rings (SSSR count). The first-order chi connectivity index (χ1) is 18.4. The molecule has 0 bridgehead atoms. The molecule has 0 spiro atoms. The highest BCUT2D eigenvalue weighted by Gasteiger charge is 2.46. The van der Waals surface area contributed by atoms with E-state index < -0.39 is 17.7 Å². The maximum atomic E-state index is 13.4. The SMILES string of the molecule is C=CCOc1ccc(C2C(=C(O)c3ccc4c(c3)CC(C)O4)C(=O)C(=O)N2Cc2ccco2)cc1OCC. The molecule has 8 nitrogen and oxygen atoms in total. The third kappa shape index (κ3) is 4.65. The van der Waals surface area contributed by atoms with E-state index in [1.165, 1.54) is 11.2 Å². The zero-order valence-electron chi connectivity index (χ0n) is 21.3. The van der Waals surface area contributed by atoms with Crippen molar-refractivity contribution in [1.82, 2.24) is 4.90 Å². The number of ketones is 1. The summed E-state index contributed by atoms with van der Waals surface area (Å²) in [4.78, 5) is 28.1. The summed E-state index contributed by atoms with van der Waals surface area (Å²) in [6, 6.07) is 13.1. The number of rotatable bonds is 9. The molecular formula is C30H29NO7. The highest BCUT2D eigenvalue weighted by molar-refractivity contribution is 6.46. The first-order valence-corrected chi connectivity index (χ1v) is 12.5. The Morgan fingerprint density at radius 1 is 1.16 bits per heavy atom. The fourth-order valence-corrected chi connectivity index (χ4v) is 4.92. The Labute approximate surface area is 220 Å². The van der Waals surface area contributed by atoms with Crippen LogP contribution in [0, 0.1) is 0 Å². The monoisotopic (exact) mass is 515 g/mol. The van der Waals surface area contributed by atoms with Crippen LogP contribution in [-0.4, -0.2) is 41.0 Å². The molecule has 1 amide bonds. The second-order valence-corrected chi connectivity index (χ2v) is 9.20. The largest absolute Gasteiger partial charge is 0.507 e. The Morgan fingerprint density at radius 3 is 2.74 bits per heavy atom. The van der Waals surface area contributed by atoms with Gasteiger partial charge < -0.3 is 28.6 Å². The van der Waals surface area contributed by atoms with Crippen molar-refractivity contribution in [2.45, 2.75) is 39.0 Å². The number of fused-ring (bicyclic) bond motifs is 1. The summed E-state index contributed by atoms with van der Waals surface area (Å²) in [5.41, 5.74) is 1.96. The van der Waals surface area contributed by atoms with Gasteiger partial charge in [-0.3, -0.25) is 9.59 Å². The third-order valence-corrected chi connectivity index (χ3v) is 6.56. The molecule has 8 heteroatoms. The van der Waals surface area contributed by atoms with Gasteiger partial charge in [0, 0.05) is 12.0 Å². The number of carbonyl (C=O) groups is 2. The number of Topliss-reactive ketones (excluding diaryl/α,β-unsaturated/α-hetero) is 1. The Morgan fingerprint density at radius 2 is 2.00 bits per heavy atom. The average Bonchev–Trinajstić information content (AvgIpc) is 3.62. The smallest absolute Gasteiger partial charge is 0.296 e. The normalized spacial score (nSPS) is 19.8. The average molecular weight is 516 g/mol.